The van der Waals surface area contributed by atoms with E-state index in [1.165, 1.54) is 50.3 Å². The van der Waals surface area contributed by atoms with E-state index in [2.05, 4.69) is 30.2 Å². The highest BCUT2D eigenvalue weighted by Crippen LogP contribution is 2.35. The molecule has 0 aliphatic carbocycles. The zero-order chi connectivity index (χ0) is 26.1. The van der Waals surface area contributed by atoms with Crippen LogP contribution in [0, 0.1) is 6.92 Å². The van der Waals surface area contributed by atoms with Gasteiger partial charge in [-0.1, -0.05) is 22.9 Å². The van der Waals surface area contributed by atoms with Crippen molar-refractivity contribution in [3.8, 4) is 22.8 Å². The van der Waals surface area contributed by atoms with Crippen LogP contribution in [0.4, 0.5) is 5.13 Å². The Labute approximate surface area is 220 Å². The van der Waals surface area contributed by atoms with Crippen LogP contribution >= 0.6 is 22.9 Å². The van der Waals surface area contributed by atoms with Gasteiger partial charge in [-0.2, -0.15) is 0 Å². The first kappa shape index (κ1) is 24.5. The topological polar surface area (TPSA) is 132 Å². The molecule has 37 heavy (non-hydrogen) atoms. The van der Waals surface area contributed by atoms with E-state index in [4.69, 9.17) is 21.1 Å². The number of hydrogen-bond acceptors (Lipinski definition) is 10. The summed E-state index contributed by atoms with van der Waals surface area (Å²) in [6, 6.07) is 3.43. The van der Waals surface area contributed by atoms with Crippen molar-refractivity contribution in [3.63, 3.8) is 0 Å². The Balaban J connectivity index is 1.34. The number of carbonyl (C=O) groups is 2. The molecule has 188 valence electrons. The Morgan fingerprint density at radius 2 is 1.84 bits per heavy atom. The van der Waals surface area contributed by atoms with Crippen molar-refractivity contribution in [1.82, 2.24) is 29.8 Å². The fourth-order valence-corrected chi connectivity index (χ4v) is 4.99. The van der Waals surface area contributed by atoms with Crippen LogP contribution in [-0.2, 0) is 13.1 Å². The van der Waals surface area contributed by atoms with Crippen LogP contribution in [0.25, 0.3) is 11.1 Å². The molecule has 4 aromatic rings. The molecule has 0 aromatic carbocycles. The fourth-order valence-electron chi connectivity index (χ4n) is 3.85. The van der Waals surface area contributed by atoms with Crippen molar-refractivity contribution >= 4 is 39.9 Å². The molecule has 11 nitrogen and oxygen atoms in total. The molecule has 0 spiro atoms. The highest BCUT2D eigenvalue weighted by Gasteiger charge is 2.29. The first-order chi connectivity index (χ1) is 17.9. The molecule has 0 saturated carbocycles. The number of methoxy groups -OCH3 is 2. The van der Waals surface area contributed by atoms with Gasteiger partial charge in [-0.15, -0.1) is 0 Å². The molecule has 0 atom stereocenters. The van der Waals surface area contributed by atoms with Gasteiger partial charge in [0, 0.05) is 23.0 Å². The van der Waals surface area contributed by atoms with E-state index >= 15 is 0 Å². The summed E-state index contributed by atoms with van der Waals surface area (Å²) in [4.78, 5) is 49.6. The number of hydrogen-bond donors (Lipinski definition) is 1. The average molecular weight is 538 g/mol. The highest BCUT2D eigenvalue weighted by atomic mass is 35.5. The van der Waals surface area contributed by atoms with E-state index in [1.807, 2.05) is 6.92 Å². The number of halogens is 1. The summed E-state index contributed by atoms with van der Waals surface area (Å²) < 4.78 is 10.4. The smallest absolute Gasteiger partial charge is 0.274 e. The van der Waals surface area contributed by atoms with E-state index in [0.717, 1.165) is 16.3 Å². The standard InChI is InChI=1S/C24H20ClN7O4S/c1-12-4-13(14-5-20(25)28-8-18(14)35-2)15(6-26-12)22(33)31-24-30-17-10-32(11-19(17)37-24)23(34)16-7-29-21(36-3)9-27-16/h4-9H,10-11H2,1-3H3,(H,30,31,33). The number of thiazole rings is 1. The average Bonchev–Trinajstić information content (AvgIpc) is 3.47. The van der Waals surface area contributed by atoms with Gasteiger partial charge < -0.3 is 14.4 Å². The van der Waals surface area contributed by atoms with Gasteiger partial charge in [0.05, 0.1) is 62.0 Å². The normalized spacial score (nSPS) is 12.3. The van der Waals surface area contributed by atoms with Crippen molar-refractivity contribution in [2.45, 2.75) is 20.0 Å². The second kappa shape index (κ2) is 10.1. The van der Waals surface area contributed by atoms with Crippen LogP contribution in [0.3, 0.4) is 0 Å². The number of ether oxygens (including phenoxy) is 2. The largest absolute Gasteiger partial charge is 0.494 e. The lowest BCUT2D eigenvalue weighted by atomic mass is 10.0. The zero-order valence-electron chi connectivity index (χ0n) is 20.0. The third-order valence-corrected chi connectivity index (χ3v) is 6.85. The molecule has 0 saturated heterocycles. The van der Waals surface area contributed by atoms with Gasteiger partial charge in [-0.3, -0.25) is 19.9 Å². The Bertz CT molecular complexity index is 1490. The summed E-state index contributed by atoms with van der Waals surface area (Å²) >= 11 is 7.44. The molecule has 1 N–H and O–H groups in total. The Kier molecular flexibility index (Phi) is 6.68. The Morgan fingerprint density at radius 3 is 2.54 bits per heavy atom. The van der Waals surface area contributed by atoms with Crippen molar-refractivity contribution in [1.29, 1.82) is 0 Å². The molecule has 0 radical (unpaired) electrons. The minimum absolute atomic E-state index is 0.218. The molecule has 1 aliphatic rings. The lowest BCUT2D eigenvalue weighted by Crippen LogP contribution is -2.26. The molecular formula is C24H20ClN7O4S. The number of rotatable bonds is 6. The Morgan fingerprint density at radius 1 is 1.00 bits per heavy atom. The first-order valence-corrected chi connectivity index (χ1v) is 12.2. The molecule has 5 rings (SSSR count). The van der Waals surface area contributed by atoms with Crippen LogP contribution in [0.5, 0.6) is 11.6 Å². The highest BCUT2D eigenvalue weighted by molar-refractivity contribution is 7.16. The number of amides is 2. The van der Waals surface area contributed by atoms with E-state index in [9.17, 15) is 9.59 Å². The molecule has 1 aliphatic heterocycles. The van der Waals surface area contributed by atoms with E-state index < -0.39 is 0 Å². The summed E-state index contributed by atoms with van der Waals surface area (Å²) in [7, 11) is 3.00. The van der Waals surface area contributed by atoms with Gasteiger partial charge in [-0.25, -0.2) is 19.9 Å². The summed E-state index contributed by atoms with van der Waals surface area (Å²) in [6.45, 7) is 2.49. The van der Waals surface area contributed by atoms with Crippen molar-refractivity contribution < 1.29 is 19.1 Å². The van der Waals surface area contributed by atoms with Gasteiger partial charge in [0.15, 0.2) is 5.13 Å². The van der Waals surface area contributed by atoms with Crippen LogP contribution in [0.2, 0.25) is 5.15 Å². The molecule has 0 bridgehead atoms. The maximum Gasteiger partial charge on any atom is 0.274 e. The predicted molar refractivity (Wildman–Crippen MR) is 136 cm³/mol. The number of nitrogens with zero attached hydrogens (tertiary/aromatic N) is 6. The molecule has 13 heteroatoms. The maximum atomic E-state index is 13.3. The number of pyridine rings is 2. The molecule has 0 fully saturated rings. The van der Waals surface area contributed by atoms with Crippen LogP contribution in [0.15, 0.2) is 36.9 Å². The second-order valence-electron chi connectivity index (χ2n) is 8.03. The maximum absolute atomic E-state index is 13.3. The minimum atomic E-state index is -0.383. The molecule has 5 heterocycles. The summed E-state index contributed by atoms with van der Waals surface area (Å²) in [6.07, 6.45) is 5.79. The van der Waals surface area contributed by atoms with Crippen LogP contribution in [0.1, 0.15) is 37.1 Å². The molecule has 4 aromatic heterocycles. The van der Waals surface area contributed by atoms with Crippen molar-refractivity contribution in [2.75, 3.05) is 19.5 Å². The number of aryl methyl sites for hydroxylation is 1. The van der Waals surface area contributed by atoms with Gasteiger partial charge in [0.2, 0.25) is 5.88 Å². The van der Waals surface area contributed by atoms with Crippen molar-refractivity contribution in [2.24, 2.45) is 0 Å². The van der Waals surface area contributed by atoms with Gasteiger partial charge in [0.1, 0.15) is 16.6 Å². The van der Waals surface area contributed by atoms with Crippen LogP contribution in [-0.4, -0.2) is 55.9 Å². The minimum Gasteiger partial charge on any atom is -0.494 e. The second-order valence-corrected chi connectivity index (χ2v) is 9.50. The summed E-state index contributed by atoms with van der Waals surface area (Å²) in [5.74, 6) is 0.165. The number of carbonyl (C=O) groups excluding carboxylic acids is 2. The van der Waals surface area contributed by atoms with Gasteiger partial charge >= 0.3 is 0 Å². The number of nitrogens with one attached hydrogen (secondary N) is 1. The van der Waals surface area contributed by atoms with E-state index in [0.29, 0.717) is 46.5 Å². The summed E-state index contributed by atoms with van der Waals surface area (Å²) in [5, 5.41) is 3.56. The van der Waals surface area contributed by atoms with Gasteiger partial charge in [0.25, 0.3) is 11.8 Å². The quantitative estimate of drug-likeness (QED) is 0.365. The van der Waals surface area contributed by atoms with Crippen molar-refractivity contribution in [3.05, 3.63) is 69.6 Å². The van der Waals surface area contributed by atoms with Crippen LogP contribution < -0.4 is 14.8 Å². The van der Waals surface area contributed by atoms with Gasteiger partial charge in [-0.05, 0) is 19.1 Å². The third-order valence-electron chi connectivity index (χ3n) is 5.65. The zero-order valence-corrected chi connectivity index (χ0v) is 21.6. The first-order valence-electron chi connectivity index (χ1n) is 11.0. The number of aromatic nitrogens is 5. The number of anilines is 1. The summed E-state index contributed by atoms with van der Waals surface area (Å²) in [5.41, 5.74) is 3.22. The number of fused-ring (bicyclic) bond motifs is 1. The molecule has 2 amide bonds. The lowest BCUT2D eigenvalue weighted by molar-refractivity contribution is 0.0744. The predicted octanol–water partition coefficient (Wildman–Crippen LogP) is 3.78. The SMILES string of the molecule is COc1cnc(C(=O)N2Cc3nc(NC(=O)c4cnc(C)cc4-c4cc(Cl)ncc4OC)sc3C2)cn1. The third kappa shape index (κ3) is 4.93. The fraction of sp³-hybridized carbons (Fsp3) is 0.208. The Hall–Kier alpha value is -4.16. The monoisotopic (exact) mass is 537 g/mol. The van der Waals surface area contributed by atoms with E-state index in [-0.39, 0.29) is 22.7 Å². The molecular weight excluding hydrogens is 518 g/mol. The van der Waals surface area contributed by atoms with E-state index in [1.54, 1.807) is 17.0 Å². The lowest BCUT2D eigenvalue weighted by Gasteiger charge is -2.15. The molecule has 0 unspecified atom stereocenters.